The third-order valence-electron chi connectivity index (χ3n) is 9.16. The highest BCUT2D eigenvalue weighted by Gasteiger charge is 2.51. The van der Waals surface area contributed by atoms with Crippen molar-refractivity contribution in [3.8, 4) is 85.9 Å². The van der Waals surface area contributed by atoms with Crippen LogP contribution in [0, 0.1) is 5.92 Å². The number of phenols is 11. The number of hydrogen-bond acceptors (Lipinski definition) is 21. The molecule has 22 heteroatoms. The molecule has 57 heavy (non-hydrogen) atoms. The van der Waals surface area contributed by atoms with E-state index in [1.54, 1.807) is 0 Å². The zero-order chi connectivity index (χ0) is 41.9. The lowest BCUT2D eigenvalue weighted by Gasteiger charge is -2.43. The fourth-order valence-electron chi connectivity index (χ4n) is 6.31. The Morgan fingerprint density at radius 3 is 1.67 bits per heavy atom. The minimum atomic E-state index is -2.08. The van der Waals surface area contributed by atoms with Crippen LogP contribution in [-0.2, 0) is 14.2 Å². The van der Waals surface area contributed by atoms with Gasteiger partial charge in [0.15, 0.2) is 58.2 Å². The molecule has 0 amide bonds. The number of aromatic carboxylic acids is 1. The standard InChI is InChI=1S/C35H28O22/c36-7-9-3-18(55-33(51)8-1-13(37)22(42)17(2-8)54-29-12(32(49)50)6-16(40)25(45)28(29)48)30-31(21(9)41)57-35(53)11-5-15(39)24(44)27(47)20(11)19-10(34(52)56-30)4-14(38)23(43)26(19)46/h1-2,4-6,9,18,21,30-31,36-48H,3,7H2,(H,49,50). The van der Waals surface area contributed by atoms with Gasteiger partial charge in [0, 0.05) is 29.7 Å². The van der Waals surface area contributed by atoms with Crippen molar-refractivity contribution < 1.29 is 110 Å². The smallest absolute Gasteiger partial charge is 0.339 e. The van der Waals surface area contributed by atoms with E-state index in [1.807, 2.05) is 0 Å². The predicted octanol–water partition coefficient (Wildman–Crippen LogP) is 1.27. The van der Waals surface area contributed by atoms with Crippen molar-refractivity contribution in [1.29, 1.82) is 0 Å². The van der Waals surface area contributed by atoms with Crippen LogP contribution in [0.1, 0.15) is 47.9 Å². The molecule has 14 N–H and O–H groups in total. The van der Waals surface area contributed by atoms with Crippen molar-refractivity contribution in [3.05, 3.63) is 52.6 Å². The molecule has 22 nitrogen and oxygen atoms in total. The van der Waals surface area contributed by atoms with E-state index in [-0.39, 0.29) is 0 Å². The Hall–Kier alpha value is -7.72. The number of carboxylic acid groups (broad SMARTS) is 1. The van der Waals surface area contributed by atoms with E-state index in [1.165, 1.54) is 0 Å². The Bertz CT molecular complexity index is 2390. The molecule has 6 rings (SSSR count). The summed E-state index contributed by atoms with van der Waals surface area (Å²) in [7, 11) is 0. The summed E-state index contributed by atoms with van der Waals surface area (Å²) in [5.41, 5.74) is -5.39. The van der Waals surface area contributed by atoms with Crippen molar-refractivity contribution in [2.24, 2.45) is 5.92 Å². The zero-order valence-electron chi connectivity index (χ0n) is 28.2. The first kappa shape index (κ1) is 39.0. The van der Waals surface area contributed by atoms with Crippen molar-refractivity contribution in [2.75, 3.05) is 6.61 Å². The highest BCUT2D eigenvalue weighted by atomic mass is 16.6. The second kappa shape index (κ2) is 14.2. The van der Waals surface area contributed by atoms with Gasteiger partial charge in [0.1, 0.15) is 11.7 Å². The van der Waals surface area contributed by atoms with Gasteiger partial charge < -0.3 is 90.4 Å². The van der Waals surface area contributed by atoms with Gasteiger partial charge in [-0.2, -0.15) is 0 Å². The first-order valence-electron chi connectivity index (χ1n) is 16.0. The van der Waals surface area contributed by atoms with Gasteiger partial charge in [0.25, 0.3) is 0 Å². The lowest BCUT2D eigenvalue weighted by molar-refractivity contribution is -0.168. The van der Waals surface area contributed by atoms with Crippen molar-refractivity contribution >= 4 is 23.9 Å². The zero-order valence-corrected chi connectivity index (χ0v) is 28.2. The molecular weight excluding hydrogens is 772 g/mol. The summed E-state index contributed by atoms with van der Waals surface area (Å²) in [6.07, 6.45) is -8.48. The average molecular weight is 801 g/mol. The Kier molecular flexibility index (Phi) is 9.69. The molecule has 0 bridgehead atoms. The molecule has 0 spiro atoms. The van der Waals surface area contributed by atoms with Crippen LogP contribution in [0.3, 0.4) is 0 Å². The molecule has 1 heterocycles. The van der Waals surface area contributed by atoms with Crippen LogP contribution in [0.2, 0.25) is 0 Å². The first-order valence-corrected chi connectivity index (χ1v) is 16.0. The van der Waals surface area contributed by atoms with Gasteiger partial charge in [-0.15, -0.1) is 0 Å². The Balaban J connectivity index is 1.44. The number of ether oxygens (including phenoxy) is 4. The van der Waals surface area contributed by atoms with Gasteiger partial charge in [0.2, 0.25) is 28.7 Å². The molecular formula is C35H28O22. The number of aliphatic hydroxyl groups excluding tert-OH is 2. The number of fused-ring (bicyclic) bond motifs is 4. The van der Waals surface area contributed by atoms with Crippen LogP contribution in [0.4, 0.5) is 0 Å². The maximum Gasteiger partial charge on any atom is 0.339 e. The van der Waals surface area contributed by atoms with E-state index in [9.17, 15) is 90.7 Å². The molecule has 1 saturated carbocycles. The topological polar surface area (TPSA) is 388 Å². The normalized spacial score (nSPS) is 20.2. The second-order valence-electron chi connectivity index (χ2n) is 12.6. The molecule has 0 saturated heterocycles. The maximum atomic E-state index is 13.9. The number of phenolic OH excluding ortho intramolecular Hbond substituents is 11. The van der Waals surface area contributed by atoms with Gasteiger partial charge in [-0.1, -0.05) is 0 Å². The van der Waals surface area contributed by atoms with E-state index in [0.717, 1.165) is 0 Å². The first-order chi connectivity index (χ1) is 26.8. The van der Waals surface area contributed by atoms with E-state index in [0.29, 0.717) is 30.3 Å². The molecule has 300 valence electrons. The maximum absolute atomic E-state index is 13.9. The minimum absolute atomic E-state index is 0.471. The second-order valence-corrected chi connectivity index (χ2v) is 12.6. The van der Waals surface area contributed by atoms with Crippen LogP contribution in [0.15, 0.2) is 30.3 Å². The number of aromatic hydroxyl groups is 11. The number of benzene rings is 4. The molecule has 2 aliphatic rings. The van der Waals surface area contributed by atoms with Crippen molar-refractivity contribution in [2.45, 2.75) is 30.8 Å². The predicted molar refractivity (Wildman–Crippen MR) is 179 cm³/mol. The SMILES string of the molecule is O=C(OC1CC(CO)C(O)C2OC(=O)c3cc(O)c(O)c(O)c3-c3c(cc(O)c(O)c3O)C(=O)OC12)c1cc(O)c(O)c(Oc2c(C(=O)O)cc(O)c(O)c2O)c1. The number of carbonyl (C=O) groups excluding carboxylic acids is 3. The highest BCUT2D eigenvalue weighted by molar-refractivity contribution is 6.08. The van der Waals surface area contributed by atoms with E-state index >= 15 is 0 Å². The van der Waals surface area contributed by atoms with Crippen LogP contribution in [0.25, 0.3) is 11.1 Å². The third-order valence-corrected chi connectivity index (χ3v) is 9.16. The van der Waals surface area contributed by atoms with Gasteiger partial charge in [0.05, 0.1) is 22.8 Å². The van der Waals surface area contributed by atoms with E-state index in [4.69, 9.17) is 18.9 Å². The fraction of sp³-hybridized carbons (Fsp3) is 0.200. The summed E-state index contributed by atoms with van der Waals surface area (Å²) in [5, 5.41) is 144. The number of carboxylic acids is 1. The summed E-state index contributed by atoms with van der Waals surface area (Å²) in [5.74, 6) is -23.2. The fourth-order valence-corrected chi connectivity index (χ4v) is 6.31. The summed E-state index contributed by atoms with van der Waals surface area (Å²) < 4.78 is 21.7. The van der Waals surface area contributed by atoms with Crippen molar-refractivity contribution in [1.82, 2.24) is 0 Å². The minimum Gasteiger partial charge on any atom is -0.504 e. The summed E-state index contributed by atoms with van der Waals surface area (Å²) in [6, 6.07) is 2.76. The molecule has 1 aliphatic heterocycles. The van der Waals surface area contributed by atoms with Gasteiger partial charge in [-0.05, 0) is 30.7 Å². The molecule has 5 atom stereocenters. The summed E-state index contributed by atoms with van der Waals surface area (Å²) in [4.78, 5) is 53.0. The van der Waals surface area contributed by atoms with Crippen LogP contribution in [0.5, 0.6) is 74.7 Å². The highest BCUT2D eigenvalue weighted by Crippen LogP contribution is 2.54. The Labute approximate surface area is 315 Å². The van der Waals surface area contributed by atoms with Crippen LogP contribution >= 0.6 is 0 Å². The van der Waals surface area contributed by atoms with Gasteiger partial charge >= 0.3 is 23.9 Å². The molecule has 1 fully saturated rings. The average Bonchev–Trinajstić information content (AvgIpc) is 3.16. The molecule has 4 aromatic carbocycles. The molecule has 1 aliphatic carbocycles. The monoisotopic (exact) mass is 800 g/mol. The lowest BCUT2D eigenvalue weighted by Crippen LogP contribution is -2.58. The number of hydrogen-bond donors (Lipinski definition) is 14. The van der Waals surface area contributed by atoms with E-state index in [2.05, 4.69) is 0 Å². The van der Waals surface area contributed by atoms with Gasteiger partial charge in [-0.3, -0.25) is 0 Å². The quantitative estimate of drug-likeness (QED) is 0.0741. The number of aliphatic hydroxyl groups is 2. The Morgan fingerprint density at radius 1 is 0.649 bits per heavy atom. The van der Waals surface area contributed by atoms with Crippen LogP contribution in [-0.4, -0.2) is 126 Å². The van der Waals surface area contributed by atoms with Crippen molar-refractivity contribution in [3.63, 3.8) is 0 Å². The molecule has 4 aromatic rings. The number of rotatable bonds is 6. The Morgan fingerprint density at radius 2 is 1.14 bits per heavy atom. The third kappa shape index (κ3) is 6.48. The summed E-state index contributed by atoms with van der Waals surface area (Å²) in [6.45, 7) is -0.882. The number of carbonyl (C=O) groups is 4. The molecule has 0 aromatic heterocycles. The molecule has 5 unspecified atom stereocenters. The number of esters is 3. The largest absolute Gasteiger partial charge is 0.504 e. The lowest BCUT2D eigenvalue weighted by atomic mass is 9.80. The van der Waals surface area contributed by atoms with E-state index < -0.39 is 175 Å². The van der Waals surface area contributed by atoms with Crippen LogP contribution < -0.4 is 4.74 Å². The summed E-state index contributed by atoms with van der Waals surface area (Å²) >= 11 is 0. The van der Waals surface area contributed by atoms with Gasteiger partial charge in [-0.25, -0.2) is 19.2 Å². The molecule has 0 radical (unpaired) electrons.